The molecule has 4 heteroatoms. The number of allylic oxidation sites excluding steroid dienone is 5. The summed E-state index contributed by atoms with van der Waals surface area (Å²) < 4.78 is 0. The van der Waals surface area contributed by atoms with Crippen molar-refractivity contribution in [2.75, 3.05) is 0 Å². The van der Waals surface area contributed by atoms with Crippen LogP contribution >= 0.6 is 0 Å². The lowest BCUT2D eigenvalue weighted by Gasteiger charge is -1.97. The number of hydrogen-bond acceptors (Lipinski definition) is 3. The highest BCUT2D eigenvalue weighted by Crippen LogP contribution is 2.03. The monoisotopic (exact) mass is 163 g/mol. The Balaban J connectivity index is 4.73. The van der Waals surface area contributed by atoms with E-state index in [1.54, 1.807) is 13.0 Å². The highest BCUT2D eigenvalue weighted by molar-refractivity contribution is 6.51. The van der Waals surface area contributed by atoms with E-state index in [0.717, 1.165) is 0 Å². The molecule has 0 unspecified atom stereocenters. The molecule has 62 valence electrons. The third-order valence-electron chi connectivity index (χ3n) is 1.30. The van der Waals surface area contributed by atoms with Crippen LogP contribution in [0.25, 0.3) is 0 Å². The molecule has 0 spiro atoms. The van der Waals surface area contributed by atoms with Gasteiger partial charge in [-0.3, -0.25) is 0 Å². The van der Waals surface area contributed by atoms with Crippen LogP contribution < -0.4 is 0 Å². The van der Waals surface area contributed by atoms with Crippen molar-refractivity contribution in [3.8, 4) is 6.07 Å². The molecule has 0 saturated heterocycles. The number of nitriles is 1. The molecular weight excluding hydrogens is 153 g/mol. The van der Waals surface area contributed by atoms with Crippen LogP contribution in [0.2, 0.25) is 0 Å². The summed E-state index contributed by atoms with van der Waals surface area (Å²) in [7, 11) is -1.58. The summed E-state index contributed by atoms with van der Waals surface area (Å²) in [6, 6.07) is 1.89. The molecule has 3 nitrogen and oxygen atoms in total. The Morgan fingerprint density at radius 3 is 2.42 bits per heavy atom. The predicted molar refractivity (Wildman–Crippen MR) is 47.8 cm³/mol. The van der Waals surface area contributed by atoms with Crippen molar-refractivity contribution < 1.29 is 10.0 Å². The summed E-state index contributed by atoms with van der Waals surface area (Å²) in [5.41, 5.74) is 0.586. The SMILES string of the molecule is C=C/C(=C\C(C#N)=C/C)B(O)O. The average molecular weight is 163 g/mol. The minimum atomic E-state index is -1.58. The number of nitrogens with zero attached hydrogens (tertiary/aromatic N) is 1. The molecule has 0 aliphatic carbocycles. The second kappa shape index (κ2) is 5.36. The van der Waals surface area contributed by atoms with E-state index in [1.165, 1.54) is 12.2 Å². The first kappa shape index (κ1) is 10.7. The molecule has 0 atom stereocenters. The average Bonchev–Trinajstić information content (AvgIpc) is 2.06. The van der Waals surface area contributed by atoms with Crippen molar-refractivity contribution in [1.82, 2.24) is 0 Å². The van der Waals surface area contributed by atoms with Crippen molar-refractivity contribution in [3.63, 3.8) is 0 Å². The standard InChI is InChI=1S/C8H10BNO2/c1-3-7(6-10)5-8(4-2)9(11)12/h3-5,11-12H,2H2,1H3/b7-3+,8-5+. The van der Waals surface area contributed by atoms with Gasteiger partial charge in [-0.2, -0.15) is 5.26 Å². The maximum absolute atomic E-state index is 8.73. The number of rotatable bonds is 3. The van der Waals surface area contributed by atoms with Gasteiger partial charge in [-0.25, -0.2) is 0 Å². The molecule has 0 aromatic carbocycles. The van der Waals surface area contributed by atoms with Crippen molar-refractivity contribution in [3.05, 3.63) is 35.9 Å². The van der Waals surface area contributed by atoms with E-state index in [0.29, 0.717) is 5.57 Å². The summed E-state index contributed by atoms with van der Waals surface area (Å²) in [5, 5.41) is 26.0. The van der Waals surface area contributed by atoms with Gasteiger partial charge < -0.3 is 10.0 Å². The van der Waals surface area contributed by atoms with Crippen LogP contribution in [0.1, 0.15) is 6.92 Å². The lowest BCUT2D eigenvalue weighted by atomic mass is 9.78. The van der Waals surface area contributed by atoms with Gasteiger partial charge >= 0.3 is 7.12 Å². The molecule has 0 saturated carbocycles. The zero-order chi connectivity index (χ0) is 9.56. The van der Waals surface area contributed by atoms with Gasteiger partial charge in [0.2, 0.25) is 0 Å². The first-order chi connectivity index (χ1) is 5.65. The van der Waals surface area contributed by atoms with Crippen LogP contribution in [0.15, 0.2) is 35.9 Å². The molecule has 0 aliphatic rings. The van der Waals surface area contributed by atoms with E-state index in [-0.39, 0.29) is 5.47 Å². The van der Waals surface area contributed by atoms with Gasteiger partial charge in [-0.05, 0) is 18.5 Å². The number of hydrogen-bond donors (Lipinski definition) is 2. The lowest BCUT2D eigenvalue weighted by Crippen LogP contribution is -2.13. The van der Waals surface area contributed by atoms with Crippen LogP contribution in [0.3, 0.4) is 0 Å². The topological polar surface area (TPSA) is 64.2 Å². The Bertz CT molecular complexity index is 261. The molecule has 0 amide bonds. The van der Waals surface area contributed by atoms with Gasteiger partial charge in [0.25, 0.3) is 0 Å². The normalized spacial score (nSPS) is 12.2. The van der Waals surface area contributed by atoms with Crippen molar-refractivity contribution >= 4 is 7.12 Å². The summed E-state index contributed by atoms with van der Waals surface area (Å²) in [5.74, 6) is 0. The second-order valence-corrected chi connectivity index (χ2v) is 2.08. The third kappa shape index (κ3) is 3.19. The lowest BCUT2D eigenvalue weighted by molar-refractivity contribution is 0.420. The quantitative estimate of drug-likeness (QED) is 0.363. The molecular formula is C8H10BNO2. The fourth-order valence-electron chi connectivity index (χ4n) is 0.599. The molecule has 0 aromatic heterocycles. The molecule has 12 heavy (non-hydrogen) atoms. The maximum Gasteiger partial charge on any atom is 0.488 e. The summed E-state index contributed by atoms with van der Waals surface area (Å²) in [6.45, 7) is 5.07. The third-order valence-corrected chi connectivity index (χ3v) is 1.30. The van der Waals surface area contributed by atoms with Crippen LogP contribution in [0.4, 0.5) is 0 Å². The van der Waals surface area contributed by atoms with E-state index >= 15 is 0 Å². The molecule has 0 bridgehead atoms. The first-order valence-electron chi connectivity index (χ1n) is 3.42. The Hall–Kier alpha value is -1.31. The van der Waals surface area contributed by atoms with E-state index in [2.05, 4.69) is 6.58 Å². The minimum Gasteiger partial charge on any atom is -0.423 e. The van der Waals surface area contributed by atoms with Gasteiger partial charge in [0, 0.05) is 5.57 Å². The molecule has 0 fully saturated rings. The Morgan fingerprint density at radius 1 is 1.58 bits per heavy atom. The largest absolute Gasteiger partial charge is 0.488 e. The summed E-state index contributed by atoms with van der Waals surface area (Å²) >= 11 is 0. The van der Waals surface area contributed by atoms with Gasteiger partial charge in [0.15, 0.2) is 0 Å². The van der Waals surface area contributed by atoms with Crippen molar-refractivity contribution in [2.24, 2.45) is 0 Å². The van der Waals surface area contributed by atoms with E-state index in [1.807, 2.05) is 6.07 Å². The smallest absolute Gasteiger partial charge is 0.423 e. The van der Waals surface area contributed by atoms with Crippen LogP contribution in [-0.2, 0) is 0 Å². The minimum absolute atomic E-state index is 0.213. The molecule has 0 rings (SSSR count). The van der Waals surface area contributed by atoms with Gasteiger partial charge in [-0.15, -0.1) is 0 Å². The predicted octanol–water partition coefficient (Wildman–Crippen LogP) is 0.581. The van der Waals surface area contributed by atoms with E-state index in [4.69, 9.17) is 15.3 Å². The molecule has 0 radical (unpaired) electrons. The van der Waals surface area contributed by atoms with Gasteiger partial charge in [0.05, 0.1) is 6.07 Å². The van der Waals surface area contributed by atoms with Crippen LogP contribution in [0.5, 0.6) is 0 Å². The fraction of sp³-hybridized carbons (Fsp3) is 0.125. The fourth-order valence-corrected chi connectivity index (χ4v) is 0.599. The molecule has 2 N–H and O–H groups in total. The Labute approximate surface area is 72.1 Å². The molecule has 0 heterocycles. The summed E-state index contributed by atoms with van der Waals surface area (Å²) in [6.07, 6.45) is 4.25. The molecule has 0 aliphatic heterocycles. The Morgan fingerprint density at radius 2 is 2.17 bits per heavy atom. The Kier molecular flexibility index (Phi) is 4.78. The highest BCUT2D eigenvalue weighted by atomic mass is 16.4. The van der Waals surface area contributed by atoms with Crippen LogP contribution in [-0.4, -0.2) is 17.2 Å². The van der Waals surface area contributed by atoms with Gasteiger partial charge in [-0.1, -0.05) is 18.7 Å². The van der Waals surface area contributed by atoms with Crippen molar-refractivity contribution in [1.29, 1.82) is 5.26 Å². The maximum atomic E-state index is 8.73. The highest BCUT2D eigenvalue weighted by Gasteiger charge is 2.10. The van der Waals surface area contributed by atoms with E-state index < -0.39 is 7.12 Å². The molecule has 0 aromatic rings. The van der Waals surface area contributed by atoms with E-state index in [9.17, 15) is 0 Å². The second-order valence-electron chi connectivity index (χ2n) is 2.08. The van der Waals surface area contributed by atoms with Crippen LogP contribution in [0, 0.1) is 11.3 Å². The van der Waals surface area contributed by atoms with Gasteiger partial charge in [0.1, 0.15) is 0 Å². The zero-order valence-electron chi connectivity index (χ0n) is 6.86. The summed E-state index contributed by atoms with van der Waals surface area (Å²) in [4.78, 5) is 0. The van der Waals surface area contributed by atoms with Crippen molar-refractivity contribution in [2.45, 2.75) is 6.92 Å². The zero-order valence-corrected chi connectivity index (χ0v) is 6.86. The first-order valence-corrected chi connectivity index (χ1v) is 3.42.